The molecular formula is C17H21N3O2. The Hall–Kier alpha value is -2.14. The van der Waals surface area contributed by atoms with Gasteiger partial charge in [-0.1, -0.05) is 24.3 Å². The quantitative estimate of drug-likeness (QED) is 0.897. The third-order valence-electron chi connectivity index (χ3n) is 4.48. The van der Waals surface area contributed by atoms with Gasteiger partial charge in [-0.15, -0.1) is 0 Å². The van der Waals surface area contributed by atoms with Crippen molar-refractivity contribution in [1.82, 2.24) is 15.1 Å². The predicted molar refractivity (Wildman–Crippen MR) is 83.3 cm³/mol. The van der Waals surface area contributed by atoms with Gasteiger partial charge in [0, 0.05) is 25.6 Å². The van der Waals surface area contributed by atoms with Gasteiger partial charge in [-0.25, -0.2) is 0 Å². The van der Waals surface area contributed by atoms with Crippen molar-refractivity contribution in [3.63, 3.8) is 0 Å². The SMILES string of the molecule is Cc1c(CCC(=O)NC2c3ccccc3CC2O)cnn1C. The van der Waals surface area contributed by atoms with Crippen molar-refractivity contribution < 1.29 is 9.90 Å². The number of amides is 1. The van der Waals surface area contributed by atoms with E-state index in [-0.39, 0.29) is 11.9 Å². The molecule has 116 valence electrons. The highest BCUT2D eigenvalue weighted by atomic mass is 16.3. The Bertz CT molecular complexity index is 693. The van der Waals surface area contributed by atoms with Crippen LogP contribution in [0.25, 0.3) is 0 Å². The second-order valence-electron chi connectivity index (χ2n) is 5.89. The van der Waals surface area contributed by atoms with Crippen molar-refractivity contribution in [2.24, 2.45) is 7.05 Å². The molecule has 0 spiro atoms. The van der Waals surface area contributed by atoms with Crippen LogP contribution in [-0.4, -0.2) is 26.9 Å². The molecule has 1 aromatic heterocycles. The summed E-state index contributed by atoms with van der Waals surface area (Å²) in [6.07, 6.45) is 2.93. The molecule has 0 fully saturated rings. The lowest BCUT2D eigenvalue weighted by atomic mass is 10.1. The maximum atomic E-state index is 12.2. The molecule has 0 radical (unpaired) electrons. The van der Waals surface area contributed by atoms with Crippen molar-refractivity contribution in [2.75, 3.05) is 0 Å². The van der Waals surface area contributed by atoms with Gasteiger partial charge in [0.25, 0.3) is 0 Å². The lowest BCUT2D eigenvalue weighted by molar-refractivity contribution is -0.122. The number of hydrogen-bond donors (Lipinski definition) is 2. The highest BCUT2D eigenvalue weighted by Gasteiger charge is 2.31. The number of nitrogens with one attached hydrogen (secondary N) is 1. The van der Waals surface area contributed by atoms with E-state index in [0.717, 1.165) is 22.4 Å². The van der Waals surface area contributed by atoms with E-state index in [0.29, 0.717) is 19.3 Å². The van der Waals surface area contributed by atoms with Gasteiger partial charge in [0.1, 0.15) is 0 Å². The number of aromatic nitrogens is 2. The zero-order valence-electron chi connectivity index (χ0n) is 12.9. The average molecular weight is 299 g/mol. The summed E-state index contributed by atoms with van der Waals surface area (Å²) in [7, 11) is 1.89. The van der Waals surface area contributed by atoms with E-state index >= 15 is 0 Å². The molecule has 1 amide bonds. The van der Waals surface area contributed by atoms with Crippen LogP contribution < -0.4 is 5.32 Å². The fourth-order valence-corrected chi connectivity index (χ4v) is 3.03. The molecule has 1 aromatic carbocycles. The molecule has 5 heteroatoms. The van der Waals surface area contributed by atoms with Crippen molar-refractivity contribution >= 4 is 5.91 Å². The van der Waals surface area contributed by atoms with Crippen molar-refractivity contribution in [3.8, 4) is 0 Å². The summed E-state index contributed by atoms with van der Waals surface area (Å²) in [4.78, 5) is 12.2. The number of carbonyl (C=O) groups is 1. The molecule has 2 aromatic rings. The Morgan fingerprint density at radius 2 is 2.23 bits per heavy atom. The number of hydrogen-bond acceptors (Lipinski definition) is 3. The molecule has 1 aliphatic carbocycles. The van der Waals surface area contributed by atoms with E-state index in [1.807, 2.05) is 49.1 Å². The first kappa shape index (κ1) is 14.8. The number of benzene rings is 1. The van der Waals surface area contributed by atoms with Gasteiger partial charge < -0.3 is 10.4 Å². The Kier molecular flexibility index (Phi) is 3.98. The molecule has 0 saturated carbocycles. The molecular weight excluding hydrogens is 278 g/mol. The van der Waals surface area contributed by atoms with Crippen molar-refractivity contribution in [1.29, 1.82) is 0 Å². The number of aliphatic hydroxyl groups is 1. The third kappa shape index (κ3) is 2.76. The minimum Gasteiger partial charge on any atom is -0.390 e. The molecule has 0 saturated heterocycles. The Balaban J connectivity index is 1.61. The van der Waals surface area contributed by atoms with Crippen LogP contribution in [0.5, 0.6) is 0 Å². The maximum Gasteiger partial charge on any atom is 0.220 e. The summed E-state index contributed by atoms with van der Waals surface area (Å²) in [5, 5.41) is 17.3. The zero-order chi connectivity index (χ0) is 15.7. The van der Waals surface area contributed by atoms with Crippen LogP contribution >= 0.6 is 0 Å². The van der Waals surface area contributed by atoms with Crippen molar-refractivity contribution in [3.05, 3.63) is 52.8 Å². The number of fused-ring (bicyclic) bond motifs is 1. The lowest BCUT2D eigenvalue weighted by Crippen LogP contribution is -2.34. The first-order chi connectivity index (χ1) is 10.6. The van der Waals surface area contributed by atoms with E-state index in [4.69, 9.17) is 0 Å². The standard InChI is InChI=1S/C17H21N3O2/c1-11-13(10-18-20(11)2)7-8-16(22)19-17-14-6-4-3-5-12(14)9-15(17)21/h3-6,10,15,17,21H,7-9H2,1-2H3,(H,19,22). The molecule has 1 heterocycles. The monoisotopic (exact) mass is 299 g/mol. The Morgan fingerprint density at radius 1 is 1.45 bits per heavy atom. The van der Waals surface area contributed by atoms with E-state index in [9.17, 15) is 9.90 Å². The number of carbonyl (C=O) groups excluding carboxylic acids is 1. The summed E-state index contributed by atoms with van der Waals surface area (Å²) < 4.78 is 1.81. The summed E-state index contributed by atoms with van der Waals surface area (Å²) in [5.74, 6) is -0.0380. The van der Waals surface area contributed by atoms with E-state index in [1.165, 1.54) is 0 Å². The summed E-state index contributed by atoms with van der Waals surface area (Å²) in [6, 6.07) is 7.58. The summed E-state index contributed by atoms with van der Waals surface area (Å²) in [5.41, 5.74) is 4.31. The van der Waals surface area contributed by atoms with Crippen LogP contribution in [0, 0.1) is 6.92 Å². The van der Waals surface area contributed by atoms with Crippen LogP contribution in [0.1, 0.15) is 34.8 Å². The largest absolute Gasteiger partial charge is 0.390 e. The van der Waals surface area contributed by atoms with E-state index < -0.39 is 6.10 Å². The fraction of sp³-hybridized carbons (Fsp3) is 0.412. The number of aliphatic hydroxyl groups excluding tert-OH is 1. The highest BCUT2D eigenvalue weighted by Crippen LogP contribution is 2.31. The van der Waals surface area contributed by atoms with Gasteiger partial charge in [-0.3, -0.25) is 9.48 Å². The lowest BCUT2D eigenvalue weighted by Gasteiger charge is -2.18. The van der Waals surface area contributed by atoms with Gasteiger partial charge in [-0.05, 0) is 30.0 Å². The van der Waals surface area contributed by atoms with Crippen LogP contribution in [0.15, 0.2) is 30.5 Å². The third-order valence-corrected chi connectivity index (χ3v) is 4.48. The predicted octanol–water partition coefficient (Wildman–Crippen LogP) is 1.44. The fourth-order valence-electron chi connectivity index (χ4n) is 3.03. The topological polar surface area (TPSA) is 67.2 Å². The average Bonchev–Trinajstić information content (AvgIpc) is 2.99. The smallest absolute Gasteiger partial charge is 0.220 e. The zero-order valence-corrected chi connectivity index (χ0v) is 12.9. The minimum atomic E-state index is -0.540. The molecule has 3 rings (SSSR count). The van der Waals surface area contributed by atoms with Crippen molar-refractivity contribution in [2.45, 2.75) is 38.3 Å². The molecule has 0 aliphatic heterocycles. The van der Waals surface area contributed by atoms with Crippen LogP contribution in [0.2, 0.25) is 0 Å². The van der Waals surface area contributed by atoms with Gasteiger partial charge in [0.15, 0.2) is 0 Å². The Morgan fingerprint density at radius 3 is 2.95 bits per heavy atom. The van der Waals surface area contributed by atoms with Gasteiger partial charge in [0.2, 0.25) is 5.91 Å². The normalized spacial score (nSPS) is 20.0. The summed E-state index contributed by atoms with van der Waals surface area (Å²) >= 11 is 0. The van der Waals surface area contributed by atoms with Gasteiger partial charge in [-0.2, -0.15) is 5.10 Å². The molecule has 2 unspecified atom stereocenters. The molecule has 2 atom stereocenters. The second kappa shape index (κ2) is 5.93. The van der Waals surface area contributed by atoms with Gasteiger partial charge in [0.05, 0.1) is 18.3 Å². The first-order valence-electron chi connectivity index (χ1n) is 7.59. The minimum absolute atomic E-state index is 0.0380. The van der Waals surface area contributed by atoms with Gasteiger partial charge >= 0.3 is 0 Å². The highest BCUT2D eigenvalue weighted by molar-refractivity contribution is 5.77. The number of nitrogens with zero attached hydrogens (tertiary/aromatic N) is 2. The number of rotatable bonds is 4. The molecule has 2 N–H and O–H groups in total. The molecule has 1 aliphatic rings. The van der Waals surface area contributed by atoms with Crippen LogP contribution in [0.3, 0.4) is 0 Å². The molecule has 0 bridgehead atoms. The molecule has 5 nitrogen and oxygen atoms in total. The van der Waals surface area contributed by atoms with E-state index in [2.05, 4.69) is 10.4 Å². The molecule has 22 heavy (non-hydrogen) atoms. The van der Waals surface area contributed by atoms with Crippen LogP contribution in [-0.2, 0) is 24.7 Å². The summed E-state index contributed by atoms with van der Waals surface area (Å²) in [6.45, 7) is 2.00. The second-order valence-corrected chi connectivity index (χ2v) is 5.89. The van der Waals surface area contributed by atoms with Crippen LogP contribution in [0.4, 0.5) is 0 Å². The first-order valence-corrected chi connectivity index (χ1v) is 7.59. The van der Waals surface area contributed by atoms with E-state index in [1.54, 1.807) is 0 Å². The maximum absolute atomic E-state index is 12.2. The Labute approximate surface area is 130 Å². The number of aryl methyl sites for hydroxylation is 2.